The van der Waals surface area contributed by atoms with Crippen LogP contribution in [-0.4, -0.2) is 5.91 Å². The van der Waals surface area contributed by atoms with Gasteiger partial charge in [-0.2, -0.15) is 0 Å². The zero-order chi connectivity index (χ0) is 12.3. The van der Waals surface area contributed by atoms with Gasteiger partial charge in [-0.25, -0.2) is 0 Å². The summed E-state index contributed by atoms with van der Waals surface area (Å²) < 4.78 is 5.10. The summed E-state index contributed by atoms with van der Waals surface area (Å²) in [4.78, 5) is 11.8. The Hall–Kier alpha value is -1.94. The molecule has 1 aromatic heterocycles. The van der Waals surface area contributed by atoms with E-state index in [9.17, 15) is 4.79 Å². The van der Waals surface area contributed by atoms with Crippen LogP contribution < -0.4 is 11.1 Å². The second kappa shape index (κ2) is 4.93. The van der Waals surface area contributed by atoms with Crippen molar-refractivity contribution in [3.8, 4) is 0 Å². The molecule has 0 aliphatic carbocycles. The number of amides is 1. The maximum Gasteiger partial charge on any atom is 0.251 e. The number of benzene rings is 1. The molecule has 17 heavy (non-hydrogen) atoms. The topological polar surface area (TPSA) is 68.3 Å². The molecule has 5 heteroatoms. The maximum atomic E-state index is 11.8. The molecule has 0 aliphatic rings. The average molecular weight is 251 g/mol. The van der Waals surface area contributed by atoms with E-state index in [2.05, 4.69) is 5.32 Å². The molecule has 3 N–H and O–H groups in total. The van der Waals surface area contributed by atoms with Crippen LogP contribution in [0.15, 0.2) is 41.0 Å². The summed E-state index contributed by atoms with van der Waals surface area (Å²) in [5.41, 5.74) is 6.48. The van der Waals surface area contributed by atoms with Crippen molar-refractivity contribution in [2.45, 2.75) is 6.54 Å². The monoisotopic (exact) mass is 250 g/mol. The van der Waals surface area contributed by atoms with Gasteiger partial charge in [-0.1, -0.05) is 11.6 Å². The lowest BCUT2D eigenvalue weighted by Gasteiger charge is -2.05. The van der Waals surface area contributed by atoms with Crippen LogP contribution in [0, 0.1) is 0 Å². The van der Waals surface area contributed by atoms with E-state index in [0.717, 1.165) is 0 Å². The number of carbonyl (C=O) groups excluding carboxylic acids is 1. The van der Waals surface area contributed by atoms with E-state index in [4.69, 9.17) is 21.8 Å². The molecule has 1 amide bonds. The van der Waals surface area contributed by atoms with Crippen molar-refractivity contribution in [3.05, 3.63) is 52.9 Å². The van der Waals surface area contributed by atoms with Crippen molar-refractivity contribution in [1.82, 2.24) is 5.32 Å². The van der Waals surface area contributed by atoms with Gasteiger partial charge in [-0.05, 0) is 30.3 Å². The predicted octanol–water partition coefficient (Wildman–Crippen LogP) is 2.45. The fraction of sp³-hybridized carbons (Fsp3) is 0.0833. The number of furan rings is 1. The highest BCUT2D eigenvalue weighted by Gasteiger charge is 2.07. The van der Waals surface area contributed by atoms with E-state index in [0.29, 0.717) is 28.6 Å². The van der Waals surface area contributed by atoms with E-state index >= 15 is 0 Å². The first-order chi connectivity index (χ1) is 8.16. The molecule has 0 saturated carbocycles. The molecule has 88 valence electrons. The molecule has 0 fully saturated rings. The average Bonchev–Trinajstić information content (AvgIpc) is 2.82. The lowest BCUT2D eigenvalue weighted by Crippen LogP contribution is -2.22. The summed E-state index contributed by atoms with van der Waals surface area (Å²) in [6.07, 6.45) is 1.56. The van der Waals surface area contributed by atoms with Crippen LogP contribution >= 0.6 is 11.6 Å². The Morgan fingerprint density at radius 1 is 1.41 bits per heavy atom. The third kappa shape index (κ3) is 2.79. The highest BCUT2D eigenvalue weighted by atomic mass is 35.5. The van der Waals surface area contributed by atoms with Gasteiger partial charge in [0.25, 0.3) is 5.91 Å². The largest absolute Gasteiger partial charge is 0.467 e. The van der Waals surface area contributed by atoms with Crippen molar-refractivity contribution < 1.29 is 9.21 Å². The number of anilines is 1. The molecule has 0 atom stereocenters. The Kier molecular flexibility index (Phi) is 3.35. The molecule has 0 aliphatic heterocycles. The van der Waals surface area contributed by atoms with E-state index in [1.807, 2.05) is 0 Å². The molecule has 1 aromatic carbocycles. The lowest BCUT2D eigenvalue weighted by molar-refractivity contribution is 0.0948. The van der Waals surface area contributed by atoms with Crippen LogP contribution in [-0.2, 0) is 6.54 Å². The molecule has 0 spiro atoms. The summed E-state index contributed by atoms with van der Waals surface area (Å²) in [6, 6.07) is 8.31. The number of hydrogen-bond donors (Lipinski definition) is 2. The zero-order valence-electron chi connectivity index (χ0n) is 8.94. The summed E-state index contributed by atoms with van der Waals surface area (Å²) in [5.74, 6) is 0.477. The normalized spacial score (nSPS) is 10.2. The van der Waals surface area contributed by atoms with E-state index in [-0.39, 0.29) is 5.91 Å². The second-order valence-electron chi connectivity index (χ2n) is 3.50. The Bertz CT molecular complexity index is 523. The number of nitrogen functional groups attached to an aromatic ring is 1. The highest BCUT2D eigenvalue weighted by molar-refractivity contribution is 6.33. The number of hydrogen-bond acceptors (Lipinski definition) is 3. The Labute approximate surface area is 103 Å². The van der Waals surface area contributed by atoms with Crippen LogP contribution in [0.25, 0.3) is 0 Å². The minimum Gasteiger partial charge on any atom is -0.467 e. The molecule has 0 unspecified atom stereocenters. The molecular weight excluding hydrogens is 240 g/mol. The van der Waals surface area contributed by atoms with E-state index in [1.54, 1.807) is 36.6 Å². The number of nitrogens with one attached hydrogen (secondary N) is 1. The van der Waals surface area contributed by atoms with Gasteiger partial charge in [0.2, 0.25) is 0 Å². The van der Waals surface area contributed by atoms with Crippen LogP contribution in [0.2, 0.25) is 5.02 Å². The van der Waals surface area contributed by atoms with Gasteiger partial charge in [0, 0.05) is 5.56 Å². The molecule has 1 heterocycles. The van der Waals surface area contributed by atoms with Gasteiger partial charge in [0.05, 0.1) is 23.5 Å². The highest BCUT2D eigenvalue weighted by Crippen LogP contribution is 2.19. The Morgan fingerprint density at radius 2 is 2.24 bits per heavy atom. The summed E-state index contributed by atoms with van der Waals surface area (Å²) in [7, 11) is 0. The van der Waals surface area contributed by atoms with E-state index in [1.165, 1.54) is 0 Å². The smallest absolute Gasteiger partial charge is 0.251 e. The molecule has 2 aromatic rings. The van der Waals surface area contributed by atoms with Gasteiger partial charge < -0.3 is 15.5 Å². The predicted molar refractivity (Wildman–Crippen MR) is 65.7 cm³/mol. The summed E-state index contributed by atoms with van der Waals surface area (Å²) in [5, 5.41) is 3.15. The summed E-state index contributed by atoms with van der Waals surface area (Å²) in [6.45, 7) is 0.342. The van der Waals surface area contributed by atoms with Crippen molar-refractivity contribution in [2.75, 3.05) is 5.73 Å². The van der Waals surface area contributed by atoms with Crippen LogP contribution in [0.5, 0.6) is 0 Å². The summed E-state index contributed by atoms with van der Waals surface area (Å²) >= 11 is 5.77. The standard InChI is InChI=1S/C12H11ClN2O2/c13-10-4-3-8(6-11(10)14)12(16)15-7-9-2-1-5-17-9/h1-6H,7,14H2,(H,15,16). The first-order valence-electron chi connectivity index (χ1n) is 5.02. The molecule has 0 bridgehead atoms. The van der Waals surface area contributed by atoms with Crippen LogP contribution in [0.4, 0.5) is 5.69 Å². The Balaban J connectivity index is 2.02. The number of rotatable bonds is 3. The fourth-order valence-corrected chi connectivity index (χ4v) is 1.49. The SMILES string of the molecule is Nc1cc(C(=O)NCc2ccco2)ccc1Cl. The van der Waals surface area contributed by atoms with Gasteiger partial charge >= 0.3 is 0 Å². The quantitative estimate of drug-likeness (QED) is 0.822. The minimum absolute atomic E-state index is 0.218. The minimum atomic E-state index is -0.218. The molecule has 2 rings (SSSR count). The third-order valence-electron chi connectivity index (χ3n) is 2.26. The molecular formula is C12H11ClN2O2. The van der Waals surface area contributed by atoms with Crippen LogP contribution in [0.1, 0.15) is 16.1 Å². The van der Waals surface area contributed by atoms with Crippen molar-refractivity contribution in [1.29, 1.82) is 0 Å². The first-order valence-corrected chi connectivity index (χ1v) is 5.40. The van der Waals surface area contributed by atoms with Crippen LogP contribution in [0.3, 0.4) is 0 Å². The fourth-order valence-electron chi connectivity index (χ4n) is 1.37. The second-order valence-corrected chi connectivity index (χ2v) is 3.91. The lowest BCUT2D eigenvalue weighted by atomic mass is 10.2. The van der Waals surface area contributed by atoms with Gasteiger partial charge in [0.1, 0.15) is 5.76 Å². The first kappa shape index (κ1) is 11.5. The Morgan fingerprint density at radius 3 is 2.88 bits per heavy atom. The zero-order valence-corrected chi connectivity index (χ0v) is 9.70. The third-order valence-corrected chi connectivity index (χ3v) is 2.61. The molecule has 0 radical (unpaired) electrons. The van der Waals surface area contributed by atoms with Crippen molar-refractivity contribution in [2.24, 2.45) is 0 Å². The number of carbonyl (C=O) groups is 1. The number of nitrogens with two attached hydrogens (primary N) is 1. The maximum absolute atomic E-state index is 11.8. The van der Waals surface area contributed by atoms with Gasteiger partial charge in [0.15, 0.2) is 0 Å². The molecule has 0 saturated heterocycles. The number of halogens is 1. The van der Waals surface area contributed by atoms with Gasteiger partial charge in [-0.3, -0.25) is 4.79 Å². The van der Waals surface area contributed by atoms with E-state index < -0.39 is 0 Å². The van der Waals surface area contributed by atoms with Gasteiger partial charge in [-0.15, -0.1) is 0 Å². The van der Waals surface area contributed by atoms with Crippen molar-refractivity contribution >= 4 is 23.2 Å². The molecule has 4 nitrogen and oxygen atoms in total. The van der Waals surface area contributed by atoms with Crippen molar-refractivity contribution in [3.63, 3.8) is 0 Å².